The molecule has 0 atom stereocenters. The second kappa shape index (κ2) is 7.93. The number of nitrogens with zero attached hydrogens (tertiary/aromatic N) is 2. The van der Waals surface area contributed by atoms with Crippen molar-refractivity contribution >= 4 is 37.5 Å². The van der Waals surface area contributed by atoms with Crippen LogP contribution in [0.4, 0.5) is 0 Å². The van der Waals surface area contributed by atoms with Gasteiger partial charge in [-0.25, -0.2) is 0 Å². The van der Waals surface area contributed by atoms with Crippen LogP contribution in [0.3, 0.4) is 0 Å². The van der Waals surface area contributed by atoms with Crippen LogP contribution in [-0.4, -0.2) is 32.7 Å². The molecule has 0 unspecified atom stereocenters. The van der Waals surface area contributed by atoms with Gasteiger partial charge in [-0.3, -0.25) is 4.79 Å². The van der Waals surface area contributed by atoms with Crippen LogP contribution in [0.15, 0.2) is 57.8 Å². The molecular weight excluding hydrogens is 388 g/mol. The fourth-order valence-corrected chi connectivity index (χ4v) is 4.77. The van der Waals surface area contributed by atoms with Gasteiger partial charge in [-0.05, 0) is 37.3 Å². The Bertz CT molecular complexity index is 1130. The zero-order valence-corrected chi connectivity index (χ0v) is 16.4. The van der Waals surface area contributed by atoms with Crippen LogP contribution in [0.5, 0.6) is 5.75 Å². The topological polar surface area (TPSA) is 87.0 Å². The van der Waals surface area contributed by atoms with Gasteiger partial charge in [0.05, 0.1) is 28.8 Å². The van der Waals surface area contributed by atoms with Crippen molar-refractivity contribution in [1.82, 2.24) is 4.57 Å². The molecule has 27 heavy (non-hydrogen) atoms. The van der Waals surface area contributed by atoms with Crippen LogP contribution in [0.25, 0.3) is 10.2 Å². The summed E-state index contributed by atoms with van der Waals surface area (Å²) < 4.78 is 41.8. The van der Waals surface area contributed by atoms with Gasteiger partial charge in [-0.2, -0.15) is 8.42 Å². The van der Waals surface area contributed by atoms with E-state index in [0.29, 0.717) is 11.3 Å². The minimum absolute atomic E-state index is 0.0859. The van der Waals surface area contributed by atoms with Crippen LogP contribution in [-0.2, 0) is 26.1 Å². The second-order valence-electron chi connectivity index (χ2n) is 5.49. The smallest absolute Gasteiger partial charge is 0.326 e. The summed E-state index contributed by atoms with van der Waals surface area (Å²) in [5.74, 6) is 0.163. The lowest BCUT2D eigenvalue weighted by Crippen LogP contribution is -2.23. The van der Waals surface area contributed by atoms with Gasteiger partial charge in [0.2, 0.25) is 4.80 Å². The Morgan fingerprint density at radius 1 is 1.19 bits per heavy atom. The first-order chi connectivity index (χ1) is 12.9. The molecule has 0 saturated heterocycles. The van der Waals surface area contributed by atoms with Crippen LogP contribution < -0.4 is 9.54 Å². The van der Waals surface area contributed by atoms with E-state index in [1.165, 1.54) is 16.7 Å². The highest BCUT2D eigenvalue weighted by Crippen LogP contribution is 2.23. The third-order valence-corrected chi connectivity index (χ3v) is 6.16. The van der Waals surface area contributed by atoms with Gasteiger partial charge in [0.25, 0.3) is 10.0 Å². The lowest BCUT2D eigenvalue weighted by Gasteiger charge is -2.06. The number of hydrogen-bond donors (Lipinski definition) is 0. The number of carbonyl (C=O) groups is 1. The third kappa shape index (κ3) is 4.20. The predicted molar refractivity (Wildman–Crippen MR) is 102 cm³/mol. The highest BCUT2D eigenvalue weighted by molar-refractivity contribution is 7.90. The van der Waals surface area contributed by atoms with Crippen molar-refractivity contribution in [3.05, 3.63) is 53.3 Å². The minimum Gasteiger partial charge on any atom is -0.497 e. The van der Waals surface area contributed by atoms with Gasteiger partial charge >= 0.3 is 5.97 Å². The summed E-state index contributed by atoms with van der Waals surface area (Å²) in [6.45, 7) is 1.82. The number of thiazole rings is 1. The lowest BCUT2D eigenvalue weighted by atomic mass is 10.3. The average Bonchev–Trinajstić information content (AvgIpc) is 2.98. The van der Waals surface area contributed by atoms with Crippen molar-refractivity contribution in [2.75, 3.05) is 13.7 Å². The number of methoxy groups -OCH3 is 1. The molecule has 3 rings (SSSR count). The molecule has 2 aromatic carbocycles. The first-order valence-corrected chi connectivity index (χ1v) is 10.4. The quantitative estimate of drug-likeness (QED) is 0.587. The number of carbonyl (C=O) groups excluding carboxylic acids is 1. The minimum atomic E-state index is -3.92. The number of aromatic nitrogens is 1. The molecule has 142 valence electrons. The standard InChI is InChI=1S/C18H18N2O5S2/c1-3-25-17(21)12-20-15-10-9-13(24-2)11-16(15)26-18(20)19-27(22,23)14-7-5-4-6-8-14/h4-11H,3,12H2,1-2H3. The van der Waals surface area contributed by atoms with E-state index in [1.807, 2.05) is 0 Å². The molecule has 0 radical (unpaired) electrons. The first-order valence-electron chi connectivity index (χ1n) is 8.13. The summed E-state index contributed by atoms with van der Waals surface area (Å²) >= 11 is 1.16. The van der Waals surface area contributed by atoms with Gasteiger partial charge < -0.3 is 14.0 Å². The molecule has 9 heteroatoms. The van der Waals surface area contributed by atoms with E-state index in [2.05, 4.69) is 4.40 Å². The summed E-state index contributed by atoms with van der Waals surface area (Å²) in [7, 11) is -2.37. The van der Waals surface area contributed by atoms with E-state index < -0.39 is 16.0 Å². The predicted octanol–water partition coefficient (Wildman–Crippen LogP) is 2.56. The van der Waals surface area contributed by atoms with Crippen molar-refractivity contribution in [3.63, 3.8) is 0 Å². The molecule has 0 saturated carbocycles. The zero-order chi connectivity index (χ0) is 19.4. The maximum Gasteiger partial charge on any atom is 0.326 e. The molecular formula is C18H18N2O5S2. The van der Waals surface area contributed by atoms with E-state index in [-0.39, 0.29) is 22.8 Å². The fourth-order valence-electron chi connectivity index (χ4n) is 2.49. The number of hydrogen-bond acceptors (Lipinski definition) is 6. The number of ether oxygens (including phenoxy) is 2. The number of benzene rings is 2. The largest absolute Gasteiger partial charge is 0.497 e. The number of rotatable bonds is 6. The Labute approximate surface area is 160 Å². The van der Waals surface area contributed by atoms with Crippen LogP contribution >= 0.6 is 11.3 Å². The summed E-state index contributed by atoms with van der Waals surface area (Å²) in [6, 6.07) is 13.2. The van der Waals surface area contributed by atoms with Crippen LogP contribution in [0, 0.1) is 0 Å². The zero-order valence-electron chi connectivity index (χ0n) is 14.8. The van der Waals surface area contributed by atoms with E-state index in [9.17, 15) is 13.2 Å². The maximum atomic E-state index is 12.7. The van der Waals surface area contributed by atoms with Crippen molar-refractivity contribution < 1.29 is 22.7 Å². The van der Waals surface area contributed by atoms with Gasteiger partial charge in [-0.1, -0.05) is 29.5 Å². The Hall–Kier alpha value is -2.65. The second-order valence-corrected chi connectivity index (χ2v) is 8.10. The van der Waals surface area contributed by atoms with E-state index in [0.717, 1.165) is 16.0 Å². The Morgan fingerprint density at radius 2 is 1.93 bits per heavy atom. The average molecular weight is 406 g/mol. The van der Waals surface area contributed by atoms with Crippen molar-refractivity contribution in [3.8, 4) is 5.75 Å². The van der Waals surface area contributed by atoms with Gasteiger partial charge in [0.15, 0.2) is 0 Å². The monoisotopic (exact) mass is 406 g/mol. The molecule has 0 aliphatic heterocycles. The number of fused-ring (bicyclic) bond motifs is 1. The Morgan fingerprint density at radius 3 is 2.59 bits per heavy atom. The molecule has 7 nitrogen and oxygen atoms in total. The summed E-state index contributed by atoms with van der Waals surface area (Å²) in [6.07, 6.45) is 0. The molecule has 3 aromatic rings. The highest BCUT2D eigenvalue weighted by Gasteiger charge is 2.16. The fraction of sp³-hybridized carbons (Fsp3) is 0.222. The first kappa shape index (κ1) is 19.1. The van der Waals surface area contributed by atoms with Crippen molar-refractivity contribution in [2.24, 2.45) is 4.40 Å². The molecule has 1 heterocycles. The van der Waals surface area contributed by atoms with Crippen LogP contribution in [0.1, 0.15) is 6.92 Å². The summed E-state index contributed by atoms with van der Waals surface area (Å²) in [5, 5.41) is 0. The maximum absolute atomic E-state index is 12.7. The summed E-state index contributed by atoms with van der Waals surface area (Å²) in [4.78, 5) is 12.3. The number of sulfonamides is 1. The highest BCUT2D eigenvalue weighted by atomic mass is 32.2. The van der Waals surface area contributed by atoms with E-state index in [1.54, 1.807) is 50.4 Å². The normalized spacial score (nSPS) is 12.3. The van der Waals surface area contributed by atoms with E-state index >= 15 is 0 Å². The molecule has 0 spiro atoms. The van der Waals surface area contributed by atoms with Crippen LogP contribution in [0.2, 0.25) is 0 Å². The SMILES string of the molecule is CCOC(=O)Cn1c(=NS(=O)(=O)c2ccccc2)sc2cc(OC)ccc21. The molecule has 0 N–H and O–H groups in total. The van der Waals surface area contributed by atoms with Crippen molar-refractivity contribution in [2.45, 2.75) is 18.4 Å². The third-order valence-electron chi connectivity index (χ3n) is 3.72. The molecule has 0 fully saturated rings. The molecule has 0 bridgehead atoms. The van der Waals surface area contributed by atoms with Gasteiger partial charge in [0.1, 0.15) is 12.3 Å². The van der Waals surface area contributed by atoms with Gasteiger partial charge in [-0.15, -0.1) is 4.40 Å². The number of esters is 1. The molecule has 0 aliphatic carbocycles. The Balaban J connectivity index is 2.19. The van der Waals surface area contributed by atoms with E-state index in [4.69, 9.17) is 9.47 Å². The molecule has 1 aromatic heterocycles. The Kier molecular flexibility index (Phi) is 5.62. The lowest BCUT2D eigenvalue weighted by molar-refractivity contribution is -0.143. The summed E-state index contributed by atoms with van der Waals surface area (Å²) in [5.41, 5.74) is 0.677. The molecule has 0 amide bonds. The van der Waals surface area contributed by atoms with Crippen molar-refractivity contribution in [1.29, 1.82) is 0 Å². The molecule has 0 aliphatic rings. The van der Waals surface area contributed by atoms with Gasteiger partial charge in [0, 0.05) is 0 Å².